The van der Waals surface area contributed by atoms with Gasteiger partial charge in [0.05, 0.1) is 9.79 Å². The third-order valence-electron chi connectivity index (χ3n) is 3.68. The van der Waals surface area contributed by atoms with Crippen molar-refractivity contribution in [2.75, 3.05) is 26.4 Å². The van der Waals surface area contributed by atoms with Gasteiger partial charge in [-0.25, -0.2) is 16.8 Å². The molecule has 6 nitrogen and oxygen atoms in total. The van der Waals surface area contributed by atoms with Gasteiger partial charge in [-0.3, -0.25) is 0 Å². The zero-order valence-electron chi connectivity index (χ0n) is 12.5. The highest BCUT2D eigenvalue weighted by Gasteiger charge is 2.29. The van der Waals surface area contributed by atoms with E-state index in [1.165, 1.54) is 28.6 Å². The van der Waals surface area contributed by atoms with Gasteiger partial charge in [-0.05, 0) is 44.2 Å². The fraction of sp³-hybridized carbons (Fsp3) is 0.538. The first-order valence-corrected chi connectivity index (χ1v) is 10.1. The molecule has 0 aliphatic carbocycles. The molecule has 1 aliphatic rings. The first-order chi connectivity index (χ1) is 9.75. The topological polar surface area (TPSA) is 83.6 Å². The molecule has 1 aromatic carbocycles. The van der Waals surface area contributed by atoms with Gasteiger partial charge in [0.1, 0.15) is 0 Å². The predicted octanol–water partition coefficient (Wildman–Crippen LogP) is 0.884. The van der Waals surface area contributed by atoms with Gasteiger partial charge in [-0.2, -0.15) is 4.31 Å². The standard InChI is InChI=1S/C13H20N2O4S2.ClH/c1-14-11-4-3-9-15(10-11)21(18,19)13-7-5-12(6-8-13)20(2,16)17;/h5-8,11,14H,3-4,9-10H2,1-2H3;1H. The van der Waals surface area contributed by atoms with E-state index in [2.05, 4.69) is 5.32 Å². The van der Waals surface area contributed by atoms with Gasteiger partial charge in [0, 0.05) is 25.4 Å². The van der Waals surface area contributed by atoms with Crippen LogP contribution in [-0.2, 0) is 19.9 Å². The molecule has 0 radical (unpaired) electrons. The maximum Gasteiger partial charge on any atom is 0.243 e. The Morgan fingerprint density at radius 3 is 2.14 bits per heavy atom. The number of benzene rings is 1. The maximum atomic E-state index is 12.6. The first-order valence-electron chi connectivity index (χ1n) is 6.72. The Hall–Kier alpha value is -0.670. The molecule has 1 heterocycles. The third kappa shape index (κ3) is 4.20. The van der Waals surface area contributed by atoms with Gasteiger partial charge < -0.3 is 5.32 Å². The summed E-state index contributed by atoms with van der Waals surface area (Å²) in [6, 6.07) is 5.54. The molecule has 2 rings (SSSR count). The van der Waals surface area contributed by atoms with E-state index >= 15 is 0 Å². The fourth-order valence-corrected chi connectivity index (χ4v) is 4.56. The molecule has 126 valence electrons. The number of hydrogen-bond acceptors (Lipinski definition) is 5. The van der Waals surface area contributed by atoms with Crippen LogP contribution in [-0.4, -0.2) is 53.6 Å². The Bertz CT molecular complexity index is 702. The number of sulfone groups is 1. The second-order valence-corrected chi connectivity index (χ2v) is 9.19. The Morgan fingerprint density at radius 1 is 1.09 bits per heavy atom. The van der Waals surface area contributed by atoms with E-state index in [1.54, 1.807) is 0 Å². The summed E-state index contributed by atoms with van der Waals surface area (Å²) in [6.45, 7) is 0.932. The lowest BCUT2D eigenvalue weighted by Gasteiger charge is -2.31. The van der Waals surface area contributed by atoms with Crippen molar-refractivity contribution >= 4 is 32.3 Å². The number of rotatable bonds is 4. The lowest BCUT2D eigenvalue weighted by atomic mass is 10.1. The molecule has 1 aromatic rings. The highest BCUT2D eigenvalue weighted by atomic mass is 35.5. The summed E-state index contributed by atoms with van der Waals surface area (Å²) in [6.07, 6.45) is 2.86. The number of sulfonamides is 1. The van der Waals surface area contributed by atoms with Crippen LogP contribution in [0.3, 0.4) is 0 Å². The first kappa shape index (κ1) is 19.4. The highest BCUT2D eigenvalue weighted by Crippen LogP contribution is 2.22. The molecule has 0 bridgehead atoms. The predicted molar refractivity (Wildman–Crippen MR) is 87.6 cm³/mol. The third-order valence-corrected chi connectivity index (χ3v) is 6.69. The molecule has 0 spiro atoms. The second kappa shape index (κ2) is 7.27. The van der Waals surface area contributed by atoms with E-state index < -0.39 is 19.9 Å². The summed E-state index contributed by atoms with van der Waals surface area (Å²) in [5.41, 5.74) is 0. The average Bonchev–Trinajstić information content (AvgIpc) is 2.46. The van der Waals surface area contributed by atoms with Gasteiger partial charge in [0.25, 0.3) is 0 Å². The van der Waals surface area contributed by atoms with E-state index in [4.69, 9.17) is 0 Å². The van der Waals surface area contributed by atoms with Crippen molar-refractivity contribution in [2.45, 2.75) is 28.7 Å². The van der Waals surface area contributed by atoms with Crippen molar-refractivity contribution in [3.05, 3.63) is 24.3 Å². The van der Waals surface area contributed by atoms with Gasteiger partial charge in [0.15, 0.2) is 9.84 Å². The average molecular weight is 369 g/mol. The zero-order chi connectivity index (χ0) is 15.7. The van der Waals surface area contributed by atoms with Gasteiger partial charge >= 0.3 is 0 Å². The molecule has 1 atom stereocenters. The number of piperidine rings is 1. The summed E-state index contributed by atoms with van der Waals surface area (Å²) < 4.78 is 49.4. The molecule has 1 unspecified atom stereocenters. The Labute approximate surface area is 138 Å². The summed E-state index contributed by atoms with van der Waals surface area (Å²) >= 11 is 0. The number of likely N-dealkylation sites (N-methyl/N-ethyl adjacent to an activating group) is 1. The van der Waals surface area contributed by atoms with Crippen molar-refractivity contribution in [2.24, 2.45) is 0 Å². The molecule has 0 saturated carbocycles. The zero-order valence-corrected chi connectivity index (χ0v) is 15.0. The normalized spacial score (nSPS) is 20.4. The minimum absolute atomic E-state index is 0. The van der Waals surface area contributed by atoms with Crippen molar-refractivity contribution in [1.29, 1.82) is 0 Å². The summed E-state index contributed by atoms with van der Waals surface area (Å²) in [5.74, 6) is 0. The molecule has 0 aromatic heterocycles. The summed E-state index contributed by atoms with van der Waals surface area (Å²) in [5, 5.41) is 3.10. The largest absolute Gasteiger partial charge is 0.316 e. The van der Waals surface area contributed by atoms with Crippen LogP contribution in [0, 0.1) is 0 Å². The van der Waals surface area contributed by atoms with Crippen molar-refractivity contribution < 1.29 is 16.8 Å². The fourth-order valence-electron chi connectivity index (χ4n) is 2.40. The molecular weight excluding hydrogens is 348 g/mol. The van der Waals surface area contributed by atoms with Crippen LogP contribution in [0.4, 0.5) is 0 Å². The van der Waals surface area contributed by atoms with Gasteiger partial charge in [0.2, 0.25) is 10.0 Å². The number of nitrogens with zero attached hydrogens (tertiary/aromatic N) is 1. The van der Waals surface area contributed by atoms with Crippen LogP contribution < -0.4 is 5.32 Å². The second-order valence-electron chi connectivity index (χ2n) is 5.23. The minimum Gasteiger partial charge on any atom is -0.316 e. The van der Waals surface area contributed by atoms with E-state index in [0.29, 0.717) is 13.1 Å². The van der Waals surface area contributed by atoms with Crippen LogP contribution in [0.25, 0.3) is 0 Å². The Balaban J connectivity index is 0.00000242. The molecule has 0 amide bonds. The molecule has 1 fully saturated rings. The minimum atomic E-state index is -3.57. The molecule has 1 aliphatic heterocycles. The molecular formula is C13H21ClN2O4S2. The van der Waals surface area contributed by atoms with Crippen LogP contribution in [0.5, 0.6) is 0 Å². The Morgan fingerprint density at radius 2 is 1.64 bits per heavy atom. The lowest BCUT2D eigenvalue weighted by molar-refractivity contribution is 0.293. The van der Waals surface area contributed by atoms with Crippen molar-refractivity contribution in [3.8, 4) is 0 Å². The summed E-state index contributed by atoms with van der Waals surface area (Å²) in [7, 11) is -5.07. The van der Waals surface area contributed by atoms with Crippen LogP contribution >= 0.6 is 12.4 Å². The van der Waals surface area contributed by atoms with Crippen molar-refractivity contribution in [3.63, 3.8) is 0 Å². The quantitative estimate of drug-likeness (QED) is 0.853. The van der Waals surface area contributed by atoms with Gasteiger partial charge in [-0.1, -0.05) is 0 Å². The van der Waals surface area contributed by atoms with E-state index in [9.17, 15) is 16.8 Å². The maximum absolute atomic E-state index is 12.6. The van der Waals surface area contributed by atoms with E-state index in [0.717, 1.165) is 19.1 Å². The highest BCUT2D eigenvalue weighted by molar-refractivity contribution is 7.90. The number of hydrogen-bond donors (Lipinski definition) is 1. The van der Waals surface area contributed by atoms with Crippen molar-refractivity contribution in [1.82, 2.24) is 9.62 Å². The molecule has 1 saturated heterocycles. The van der Waals surface area contributed by atoms with Crippen LogP contribution in [0.15, 0.2) is 34.1 Å². The monoisotopic (exact) mass is 368 g/mol. The van der Waals surface area contributed by atoms with E-state index in [1.807, 2.05) is 7.05 Å². The van der Waals surface area contributed by atoms with Gasteiger partial charge in [-0.15, -0.1) is 12.4 Å². The molecule has 22 heavy (non-hydrogen) atoms. The lowest BCUT2D eigenvalue weighted by Crippen LogP contribution is -2.46. The molecule has 1 N–H and O–H groups in total. The van der Waals surface area contributed by atoms with Crippen LogP contribution in [0.2, 0.25) is 0 Å². The van der Waals surface area contributed by atoms with Crippen LogP contribution in [0.1, 0.15) is 12.8 Å². The summed E-state index contributed by atoms with van der Waals surface area (Å²) in [4.78, 5) is 0.250. The number of halogens is 1. The Kier molecular flexibility index (Phi) is 6.40. The number of nitrogens with one attached hydrogen (secondary N) is 1. The van der Waals surface area contributed by atoms with E-state index in [-0.39, 0.29) is 28.2 Å². The molecule has 9 heteroatoms. The SMILES string of the molecule is CNC1CCCN(S(=O)(=O)c2ccc(S(C)(=O)=O)cc2)C1.Cl. The smallest absolute Gasteiger partial charge is 0.243 e.